The maximum atomic E-state index is 5.76. The van der Waals surface area contributed by atoms with E-state index in [-0.39, 0.29) is 6.04 Å². The highest BCUT2D eigenvalue weighted by atomic mass is 32.1. The van der Waals surface area contributed by atoms with Crippen molar-refractivity contribution in [1.29, 1.82) is 0 Å². The average Bonchev–Trinajstić information content (AvgIpc) is 3.28. The van der Waals surface area contributed by atoms with Gasteiger partial charge in [-0.15, -0.1) is 0 Å². The first-order chi connectivity index (χ1) is 15.5. The van der Waals surface area contributed by atoms with Crippen LogP contribution in [-0.2, 0) is 0 Å². The third-order valence-electron chi connectivity index (χ3n) is 5.62. The number of allylic oxidation sites excluding steroid dienone is 1. The lowest BCUT2D eigenvalue weighted by Crippen LogP contribution is -2.45. The van der Waals surface area contributed by atoms with Gasteiger partial charge in [0, 0.05) is 17.8 Å². The zero-order valence-electron chi connectivity index (χ0n) is 18.8. The predicted octanol–water partition coefficient (Wildman–Crippen LogP) is 4.74. The van der Waals surface area contributed by atoms with Crippen molar-refractivity contribution in [3.05, 3.63) is 65.2 Å². The second-order valence-corrected chi connectivity index (χ2v) is 7.92. The largest absolute Gasteiger partial charge is 0.493 e. The van der Waals surface area contributed by atoms with Crippen molar-refractivity contribution < 1.29 is 14.0 Å². The summed E-state index contributed by atoms with van der Waals surface area (Å²) in [6.07, 6.45) is 0. The van der Waals surface area contributed by atoms with Gasteiger partial charge < -0.3 is 24.2 Å². The van der Waals surface area contributed by atoms with Gasteiger partial charge in [0.1, 0.15) is 0 Å². The Morgan fingerprint density at radius 1 is 1.06 bits per heavy atom. The lowest BCUT2D eigenvalue weighted by molar-refractivity contribution is 0.354. The van der Waals surface area contributed by atoms with E-state index in [2.05, 4.69) is 17.4 Å². The van der Waals surface area contributed by atoms with E-state index in [4.69, 9.17) is 31.2 Å². The summed E-state index contributed by atoms with van der Waals surface area (Å²) in [6, 6.07) is 13.6. The molecule has 1 aromatic heterocycles. The molecule has 1 atom stereocenters. The summed E-state index contributed by atoms with van der Waals surface area (Å²) in [5.41, 5.74) is 4.87. The molecule has 0 spiro atoms. The lowest BCUT2D eigenvalue weighted by atomic mass is 9.94. The minimum absolute atomic E-state index is 0.281. The number of nitrogens with one attached hydrogen (secondary N) is 1. The van der Waals surface area contributed by atoms with Gasteiger partial charge in [-0.25, -0.2) is 0 Å². The summed E-state index contributed by atoms with van der Waals surface area (Å²) < 4.78 is 16.7. The van der Waals surface area contributed by atoms with Crippen LogP contribution < -0.4 is 14.8 Å². The fourth-order valence-corrected chi connectivity index (χ4v) is 4.26. The quantitative estimate of drug-likeness (QED) is 0.540. The minimum Gasteiger partial charge on any atom is -0.493 e. The van der Waals surface area contributed by atoms with Gasteiger partial charge in [0.05, 0.1) is 25.8 Å². The van der Waals surface area contributed by atoms with Gasteiger partial charge in [0.2, 0.25) is 5.82 Å². The number of benzene rings is 2. The summed E-state index contributed by atoms with van der Waals surface area (Å²) >= 11 is 5.65. The number of aryl methyl sites for hydroxylation is 1. The Bertz CT molecular complexity index is 1170. The standard InChI is InChI=1S/C24H26N4O3S/c1-6-28-15(3)20(23-26-22(27-31-23)16-9-7-14(2)8-10-16)21(25-24(28)32)17-11-12-18(29-4)19(13-17)30-5/h7-13,21H,6H2,1-5H3,(H,25,32). The first-order valence-corrected chi connectivity index (χ1v) is 10.8. The van der Waals surface area contributed by atoms with E-state index in [9.17, 15) is 0 Å². The molecule has 7 nitrogen and oxygen atoms in total. The van der Waals surface area contributed by atoms with Crippen molar-refractivity contribution in [2.24, 2.45) is 0 Å². The number of aromatic nitrogens is 2. The van der Waals surface area contributed by atoms with E-state index >= 15 is 0 Å². The summed E-state index contributed by atoms with van der Waals surface area (Å²) in [7, 11) is 3.23. The monoisotopic (exact) mass is 450 g/mol. The van der Waals surface area contributed by atoms with Gasteiger partial charge >= 0.3 is 0 Å². The van der Waals surface area contributed by atoms with E-state index in [1.54, 1.807) is 14.2 Å². The lowest BCUT2D eigenvalue weighted by Gasteiger charge is -2.36. The van der Waals surface area contributed by atoms with Crippen LogP contribution in [0.4, 0.5) is 0 Å². The molecule has 0 saturated heterocycles. The molecule has 1 unspecified atom stereocenters. The van der Waals surface area contributed by atoms with Crippen LogP contribution in [0.25, 0.3) is 17.0 Å². The fourth-order valence-electron chi connectivity index (χ4n) is 3.87. The van der Waals surface area contributed by atoms with Crippen LogP contribution >= 0.6 is 12.2 Å². The zero-order valence-corrected chi connectivity index (χ0v) is 19.6. The molecule has 1 aliphatic rings. The van der Waals surface area contributed by atoms with Crippen molar-refractivity contribution >= 4 is 22.9 Å². The zero-order chi connectivity index (χ0) is 22.8. The second kappa shape index (κ2) is 9.00. The molecule has 1 aliphatic heterocycles. The van der Waals surface area contributed by atoms with Crippen molar-refractivity contribution in [3.8, 4) is 22.9 Å². The van der Waals surface area contributed by atoms with Gasteiger partial charge in [0.15, 0.2) is 16.6 Å². The number of thiocarbonyl (C=S) groups is 1. The van der Waals surface area contributed by atoms with Gasteiger partial charge in [-0.1, -0.05) is 41.1 Å². The van der Waals surface area contributed by atoms with E-state index in [1.807, 2.05) is 61.2 Å². The molecule has 4 rings (SSSR count). The van der Waals surface area contributed by atoms with Crippen molar-refractivity contribution in [3.63, 3.8) is 0 Å². The molecular formula is C24H26N4O3S. The Balaban J connectivity index is 1.81. The smallest absolute Gasteiger partial charge is 0.258 e. The minimum atomic E-state index is -0.281. The van der Waals surface area contributed by atoms with Crippen LogP contribution in [0.15, 0.2) is 52.7 Å². The average molecular weight is 451 g/mol. The highest BCUT2D eigenvalue weighted by molar-refractivity contribution is 7.80. The highest BCUT2D eigenvalue weighted by Gasteiger charge is 2.34. The van der Waals surface area contributed by atoms with Gasteiger partial charge in [-0.2, -0.15) is 4.98 Å². The summed E-state index contributed by atoms with van der Waals surface area (Å²) in [5.74, 6) is 2.29. The maximum absolute atomic E-state index is 5.76. The van der Waals surface area contributed by atoms with Crippen LogP contribution in [-0.4, -0.2) is 40.9 Å². The number of rotatable bonds is 6. The van der Waals surface area contributed by atoms with E-state index in [0.717, 1.165) is 28.9 Å². The Hall–Kier alpha value is -3.39. The SMILES string of the molecule is CCN1C(=S)NC(c2ccc(OC)c(OC)c2)C(c2nc(-c3ccc(C)cc3)no2)=C1C. The van der Waals surface area contributed by atoms with Crippen molar-refractivity contribution in [1.82, 2.24) is 20.4 Å². The van der Waals surface area contributed by atoms with Gasteiger partial charge in [-0.3, -0.25) is 0 Å². The Kier molecular flexibility index (Phi) is 6.14. The van der Waals surface area contributed by atoms with E-state index in [0.29, 0.717) is 28.3 Å². The number of ether oxygens (including phenoxy) is 2. The first kappa shape index (κ1) is 21.8. The molecule has 8 heteroatoms. The summed E-state index contributed by atoms with van der Waals surface area (Å²) in [4.78, 5) is 6.75. The van der Waals surface area contributed by atoms with Gasteiger partial charge in [0.25, 0.3) is 5.89 Å². The van der Waals surface area contributed by atoms with Crippen LogP contribution in [0, 0.1) is 6.92 Å². The van der Waals surface area contributed by atoms with Crippen molar-refractivity contribution in [2.75, 3.05) is 20.8 Å². The Labute approximate surface area is 193 Å². The van der Waals surface area contributed by atoms with Crippen molar-refractivity contribution in [2.45, 2.75) is 26.8 Å². The molecule has 0 saturated carbocycles. The molecule has 2 heterocycles. The molecule has 32 heavy (non-hydrogen) atoms. The number of nitrogens with zero attached hydrogens (tertiary/aromatic N) is 3. The van der Waals surface area contributed by atoms with E-state index < -0.39 is 0 Å². The Morgan fingerprint density at radius 3 is 2.44 bits per heavy atom. The summed E-state index contributed by atoms with van der Waals surface area (Å²) in [5, 5.41) is 8.32. The number of hydrogen-bond donors (Lipinski definition) is 1. The maximum Gasteiger partial charge on any atom is 0.258 e. The third kappa shape index (κ3) is 3.93. The van der Waals surface area contributed by atoms with E-state index in [1.165, 1.54) is 5.56 Å². The Morgan fingerprint density at radius 2 is 1.78 bits per heavy atom. The molecule has 0 aliphatic carbocycles. The topological polar surface area (TPSA) is 72.7 Å². The fraction of sp³-hybridized carbons (Fsp3) is 0.292. The van der Waals surface area contributed by atoms with Crippen LogP contribution in [0.3, 0.4) is 0 Å². The van der Waals surface area contributed by atoms with Crippen LogP contribution in [0.5, 0.6) is 11.5 Å². The normalized spacial score (nSPS) is 16.2. The van der Waals surface area contributed by atoms with Crippen LogP contribution in [0.1, 0.15) is 36.9 Å². The van der Waals surface area contributed by atoms with Gasteiger partial charge in [-0.05, 0) is 50.7 Å². The first-order valence-electron chi connectivity index (χ1n) is 10.4. The number of hydrogen-bond acceptors (Lipinski definition) is 6. The molecule has 0 fully saturated rings. The molecule has 1 N–H and O–H groups in total. The molecular weight excluding hydrogens is 424 g/mol. The number of methoxy groups -OCH3 is 2. The molecule has 3 aromatic rings. The molecule has 0 radical (unpaired) electrons. The predicted molar refractivity (Wildman–Crippen MR) is 127 cm³/mol. The molecule has 0 amide bonds. The highest BCUT2D eigenvalue weighted by Crippen LogP contribution is 2.40. The molecule has 166 valence electrons. The van der Waals surface area contributed by atoms with Crippen LogP contribution in [0.2, 0.25) is 0 Å². The molecule has 0 bridgehead atoms. The second-order valence-electron chi connectivity index (χ2n) is 7.53. The third-order valence-corrected chi connectivity index (χ3v) is 5.96. The summed E-state index contributed by atoms with van der Waals surface area (Å²) in [6.45, 7) is 6.84. The molecule has 2 aromatic carbocycles.